The Morgan fingerprint density at radius 2 is 0.855 bits per heavy atom. The van der Waals surface area contributed by atoms with Gasteiger partial charge in [0.2, 0.25) is 0 Å². The second-order valence-electron chi connectivity index (χ2n) is 15.2. The van der Waals surface area contributed by atoms with Gasteiger partial charge in [0.25, 0.3) is 0 Å². The molecule has 0 saturated heterocycles. The lowest BCUT2D eigenvalue weighted by atomic mass is 9.98. The lowest BCUT2D eigenvalue weighted by Crippen LogP contribution is -2.02. The van der Waals surface area contributed by atoms with Gasteiger partial charge in [-0.05, 0) is 57.6 Å². The summed E-state index contributed by atoms with van der Waals surface area (Å²) >= 11 is 1.67. The number of aromatic nitrogens is 4. The van der Waals surface area contributed by atoms with Crippen molar-refractivity contribution in [2.75, 3.05) is 0 Å². The third-order valence-electron chi connectivity index (χ3n) is 11.6. The third kappa shape index (κ3) is 6.09. The summed E-state index contributed by atoms with van der Waals surface area (Å²) in [7, 11) is 0. The lowest BCUT2D eigenvalue weighted by molar-refractivity contribution is 1.07. The number of para-hydroxylation sites is 2. The molecule has 0 spiro atoms. The molecule has 12 rings (SSSR count). The van der Waals surface area contributed by atoms with E-state index in [2.05, 4.69) is 132 Å². The maximum atomic E-state index is 9.08. The van der Waals surface area contributed by atoms with Gasteiger partial charge in [0.05, 0.1) is 17.9 Å². The summed E-state index contributed by atoms with van der Waals surface area (Å²) < 4.78 is 48.2. The van der Waals surface area contributed by atoms with Crippen LogP contribution in [0.5, 0.6) is 0 Å². The number of thiophene rings is 1. The van der Waals surface area contributed by atoms with Crippen LogP contribution in [0.25, 0.3) is 115 Å². The summed E-state index contributed by atoms with van der Waals surface area (Å²) in [4.78, 5) is 15.4. The summed E-state index contributed by atoms with van der Waals surface area (Å²) in [5.41, 5.74) is 10.6. The van der Waals surface area contributed by atoms with Gasteiger partial charge in [-0.2, -0.15) is 0 Å². The molecular formula is C57H36N4S. The van der Waals surface area contributed by atoms with Crippen molar-refractivity contribution in [1.82, 2.24) is 19.5 Å². The molecule has 0 aliphatic heterocycles. The Bertz CT molecular complexity index is 3840. The molecule has 290 valence electrons. The Balaban J connectivity index is 1.17. The third-order valence-corrected chi connectivity index (χ3v) is 12.9. The monoisotopic (exact) mass is 813 g/mol. The molecule has 0 aliphatic carbocycles. The van der Waals surface area contributed by atoms with Crippen LogP contribution in [0.4, 0.5) is 0 Å². The van der Waals surface area contributed by atoms with Gasteiger partial charge >= 0.3 is 0 Å². The van der Waals surface area contributed by atoms with Gasteiger partial charge in [0.15, 0.2) is 17.5 Å². The van der Waals surface area contributed by atoms with Crippen LogP contribution in [-0.2, 0) is 0 Å². The molecule has 0 fully saturated rings. The summed E-state index contributed by atoms with van der Waals surface area (Å²) in [5.74, 6) is 0.597. The molecule has 62 heavy (non-hydrogen) atoms. The maximum absolute atomic E-state index is 9.08. The molecule has 0 saturated carbocycles. The second kappa shape index (κ2) is 14.9. The van der Waals surface area contributed by atoms with Crippen molar-refractivity contribution < 1.29 is 6.85 Å². The van der Waals surface area contributed by atoms with E-state index in [-0.39, 0.29) is 23.5 Å². The zero-order chi connectivity index (χ0) is 45.3. The standard InChI is InChI=1S/C57H36N4S/c1-4-17-37(18-5-1)38-31-33-40(34-32-38)44-27-16-28-47-49-35-42(61-51-29-14-12-24-45(51)46-25-13-15-30-52(46)61)36-50(54(49)62-53(44)47)57-59-55(41-21-8-3-9-22-41)58-56(60-57)48-26-11-10-23-43(48)39-19-6-2-7-20-39/h1-36H/i3D,8D,9D,21D,22D. The maximum Gasteiger partial charge on any atom is 0.165 e. The quantitative estimate of drug-likeness (QED) is 0.161. The number of benzene rings is 9. The van der Waals surface area contributed by atoms with E-state index in [1.807, 2.05) is 60.7 Å². The highest BCUT2D eigenvalue weighted by Crippen LogP contribution is 2.46. The fourth-order valence-electron chi connectivity index (χ4n) is 8.72. The van der Waals surface area contributed by atoms with E-state index < -0.39 is 18.1 Å². The fourth-order valence-corrected chi connectivity index (χ4v) is 10.0. The van der Waals surface area contributed by atoms with Gasteiger partial charge in [0, 0.05) is 53.3 Å². The molecule has 0 atom stereocenters. The van der Waals surface area contributed by atoms with Gasteiger partial charge in [-0.25, -0.2) is 15.0 Å². The Kier molecular flexibility index (Phi) is 7.46. The number of fused-ring (bicyclic) bond motifs is 6. The minimum absolute atomic E-state index is 0.0180. The van der Waals surface area contributed by atoms with Crippen LogP contribution in [0.2, 0.25) is 0 Å². The molecule has 3 heterocycles. The Hall–Kier alpha value is -7.99. The Morgan fingerprint density at radius 1 is 0.355 bits per heavy atom. The Morgan fingerprint density at radius 3 is 1.56 bits per heavy atom. The first kappa shape index (κ1) is 31.0. The highest BCUT2D eigenvalue weighted by Gasteiger charge is 2.22. The molecular weight excluding hydrogens is 773 g/mol. The van der Waals surface area contributed by atoms with Crippen molar-refractivity contribution in [1.29, 1.82) is 0 Å². The zero-order valence-corrected chi connectivity index (χ0v) is 33.9. The lowest BCUT2D eigenvalue weighted by Gasteiger charge is -2.14. The highest BCUT2D eigenvalue weighted by molar-refractivity contribution is 7.26. The van der Waals surface area contributed by atoms with Crippen molar-refractivity contribution in [3.8, 4) is 73.2 Å². The summed E-state index contributed by atoms with van der Waals surface area (Å²) in [6.45, 7) is 0. The first-order valence-corrected chi connectivity index (χ1v) is 21.3. The van der Waals surface area contributed by atoms with Gasteiger partial charge in [-0.1, -0.05) is 194 Å². The first-order chi connectivity index (χ1) is 32.8. The van der Waals surface area contributed by atoms with Crippen molar-refractivity contribution >= 4 is 53.3 Å². The van der Waals surface area contributed by atoms with E-state index in [4.69, 9.17) is 21.8 Å². The van der Waals surface area contributed by atoms with E-state index in [0.717, 1.165) is 86.6 Å². The van der Waals surface area contributed by atoms with E-state index in [9.17, 15) is 0 Å². The Labute approximate surface area is 369 Å². The van der Waals surface area contributed by atoms with Gasteiger partial charge < -0.3 is 4.57 Å². The van der Waals surface area contributed by atoms with E-state index >= 15 is 0 Å². The van der Waals surface area contributed by atoms with Crippen molar-refractivity contribution in [3.63, 3.8) is 0 Å². The van der Waals surface area contributed by atoms with Crippen molar-refractivity contribution in [2.24, 2.45) is 0 Å². The predicted molar refractivity (Wildman–Crippen MR) is 260 cm³/mol. The smallest absolute Gasteiger partial charge is 0.165 e. The fraction of sp³-hybridized carbons (Fsp3) is 0. The topological polar surface area (TPSA) is 43.6 Å². The molecule has 0 unspecified atom stereocenters. The molecule has 0 bridgehead atoms. The molecule has 3 aromatic heterocycles. The highest BCUT2D eigenvalue weighted by atomic mass is 32.1. The van der Waals surface area contributed by atoms with Crippen LogP contribution in [0.15, 0.2) is 218 Å². The van der Waals surface area contributed by atoms with Crippen LogP contribution < -0.4 is 0 Å². The van der Waals surface area contributed by atoms with Crippen molar-refractivity contribution in [2.45, 2.75) is 0 Å². The first-order valence-electron chi connectivity index (χ1n) is 22.9. The average Bonchev–Trinajstić information content (AvgIpc) is 3.94. The summed E-state index contributed by atoms with van der Waals surface area (Å²) in [6.07, 6.45) is 0. The number of rotatable bonds is 7. The van der Waals surface area contributed by atoms with Crippen LogP contribution in [0.1, 0.15) is 6.85 Å². The summed E-state index contributed by atoms with van der Waals surface area (Å²) in [6, 6.07) is 62.4. The predicted octanol–water partition coefficient (Wildman–Crippen LogP) is 15.3. The molecule has 5 heteroatoms. The minimum atomic E-state index is -0.487. The molecule has 12 aromatic rings. The second-order valence-corrected chi connectivity index (χ2v) is 16.2. The molecule has 0 aliphatic rings. The van der Waals surface area contributed by atoms with E-state index in [1.165, 1.54) is 0 Å². The van der Waals surface area contributed by atoms with Gasteiger partial charge in [-0.15, -0.1) is 11.3 Å². The van der Waals surface area contributed by atoms with Gasteiger partial charge in [0.1, 0.15) is 0 Å². The van der Waals surface area contributed by atoms with Crippen LogP contribution in [0.3, 0.4) is 0 Å². The largest absolute Gasteiger partial charge is 0.309 e. The normalized spacial score (nSPS) is 12.7. The van der Waals surface area contributed by atoms with Crippen LogP contribution in [-0.4, -0.2) is 19.5 Å². The summed E-state index contributed by atoms with van der Waals surface area (Å²) in [5, 5.41) is 4.33. The van der Waals surface area contributed by atoms with Crippen LogP contribution in [0, 0.1) is 0 Å². The zero-order valence-electron chi connectivity index (χ0n) is 38.1. The van der Waals surface area contributed by atoms with E-state index in [1.54, 1.807) is 11.3 Å². The number of hydrogen-bond acceptors (Lipinski definition) is 4. The van der Waals surface area contributed by atoms with Gasteiger partial charge in [-0.3, -0.25) is 0 Å². The van der Waals surface area contributed by atoms with Crippen LogP contribution >= 0.6 is 11.3 Å². The SMILES string of the molecule is [2H]c1c([2H])c([2H])c(-c2nc(-c3ccccc3-c3ccccc3)nc(-c3cc(-n4c5ccccc5c5ccccc54)cc4c3sc3c(-c5ccc(-c6ccccc6)cc5)cccc34)n2)c([2H])c1[2H]. The minimum Gasteiger partial charge on any atom is -0.309 e. The molecule has 0 N–H and O–H groups in total. The molecule has 9 aromatic carbocycles. The molecule has 0 amide bonds. The van der Waals surface area contributed by atoms with E-state index in [0.29, 0.717) is 17.2 Å². The number of nitrogens with zero attached hydrogens (tertiary/aromatic N) is 4. The molecule has 4 nitrogen and oxygen atoms in total. The van der Waals surface area contributed by atoms with Crippen molar-refractivity contribution in [3.05, 3.63) is 218 Å². The molecule has 0 radical (unpaired) electrons. The average molecular weight is 814 g/mol. The number of hydrogen-bond donors (Lipinski definition) is 0.